The van der Waals surface area contributed by atoms with E-state index in [9.17, 15) is 10.0 Å². The molecule has 5 nitrogen and oxygen atoms in total. The molecule has 0 N–H and O–H groups in total. The highest BCUT2D eigenvalue weighted by Gasteiger charge is 2.36. The van der Waals surface area contributed by atoms with E-state index in [2.05, 4.69) is 0 Å². The molecule has 16 heavy (non-hydrogen) atoms. The monoisotopic (exact) mass is 240 g/mol. The molecule has 1 unspecified atom stereocenters. The first-order chi connectivity index (χ1) is 7.52. The SMILES string of the molecule is CN1C(=O)C(c2ccc(Cl)cc2)N([O-])N1C. The summed E-state index contributed by atoms with van der Waals surface area (Å²) in [4.78, 5) is 11.8. The molecule has 2 rings (SSSR count). The van der Waals surface area contributed by atoms with Gasteiger partial charge >= 0.3 is 0 Å². The van der Waals surface area contributed by atoms with E-state index >= 15 is 0 Å². The van der Waals surface area contributed by atoms with Crippen molar-refractivity contribution in [1.29, 1.82) is 0 Å². The van der Waals surface area contributed by atoms with Gasteiger partial charge in [0.15, 0.2) is 0 Å². The number of carbonyl (C=O) groups excluding carboxylic acids is 1. The van der Waals surface area contributed by atoms with Crippen molar-refractivity contribution in [2.75, 3.05) is 14.1 Å². The summed E-state index contributed by atoms with van der Waals surface area (Å²) in [5.41, 5.74) is 0.639. The number of hydrogen-bond donors (Lipinski definition) is 0. The summed E-state index contributed by atoms with van der Waals surface area (Å²) in [5, 5.41) is 15.5. The minimum atomic E-state index is -0.813. The van der Waals surface area contributed by atoms with Crippen molar-refractivity contribution >= 4 is 17.5 Å². The lowest BCUT2D eigenvalue weighted by molar-refractivity contribution is -0.137. The summed E-state index contributed by atoms with van der Waals surface area (Å²) < 4.78 is 0. The first-order valence-electron chi connectivity index (χ1n) is 4.75. The van der Waals surface area contributed by atoms with Crippen LogP contribution in [0.15, 0.2) is 24.3 Å². The Balaban J connectivity index is 2.34. The van der Waals surface area contributed by atoms with Gasteiger partial charge in [0.25, 0.3) is 5.91 Å². The summed E-state index contributed by atoms with van der Waals surface area (Å²) in [6.45, 7) is 0. The molecule has 1 aliphatic rings. The third kappa shape index (κ3) is 1.68. The minimum Gasteiger partial charge on any atom is -0.769 e. The van der Waals surface area contributed by atoms with Gasteiger partial charge in [0.1, 0.15) is 6.04 Å². The number of hydroxylamine groups is 1. The van der Waals surface area contributed by atoms with E-state index in [0.717, 1.165) is 0 Å². The van der Waals surface area contributed by atoms with Crippen molar-refractivity contribution in [3.63, 3.8) is 0 Å². The van der Waals surface area contributed by atoms with Crippen LogP contribution in [-0.2, 0) is 4.79 Å². The summed E-state index contributed by atoms with van der Waals surface area (Å²) in [7, 11) is 3.10. The Morgan fingerprint density at radius 2 is 1.81 bits per heavy atom. The number of halogens is 1. The molecule has 0 radical (unpaired) electrons. The van der Waals surface area contributed by atoms with E-state index in [1.807, 2.05) is 0 Å². The number of rotatable bonds is 1. The fourth-order valence-electron chi connectivity index (χ4n) is 1.63. The van der Waals surface area contributed by atoms with Crippen LogP contribution >= 0.6 is 11.6 Å². The van der Waals surface area contributed by atoms with Crippen LogP contribution in [0.1, 0.15) is 11.6 Å². The third-order valence-electron chi connectivity index (χ3n) is 2.68. The average Bonchev–Trinajstić information content (AvgIpc) is 2.46. The van der Waals surface area contributed by atoms with Crippen molar-refractivity contribution in [3.05, 3.63) is 40.1 Å². The van der Waals surface area contributed by atoms with Crippen molar-refractivity contribution in [2.24, 2.45) is 0 Å². The number of hydrogen-bond acceptors (Lipinski definition) is 4. The Labute approximate surface area is 98.3 Å². The van der Waals surface area contributed by atoms with E-state index in [1.54, 1.807) is 38.4 Å². The maximum Gasteiger partial charge on any atom is 0.259 e. The molecule has 1 atom stereocenters. The molecule has 0 aliphatic carbocycles. The lowest BCUT2D eigenvalue weighted by Gasteiger charge is -2.34. The van der Waals surface area contributed by atoms with E-state index in [-0.39, 0.29) is 5.91 Å². The van der Waals surface area contributed by atoms with Gasteiger partial charge in [0.05, 0.1) is 0 Å². The molecule has 0 spiro atoms. The lowest BCUT2D eigenvalue weighted by Crippen LogP contribution is -2.37. The number of hydrazine groups is 2. The van der Waals surface area contributed by atoms with Crippen LogP contribution in [-0.4, -0.2) is 35.3 Å². The first kappa shape index (κ1) is 11.3. The number of carbonyl (C=O) groups is 1. The summed E-state index contributed by atoms with van der Waals surface area (Å²) in [5.74, 6) is -0.250. The molecule has 1 aromatic carbocycles. The molecule has 1 aliphatic heterocycles. The Hall–Kier alpha value is -1.14. The van der Waals surface area contributed by atoms with Crippen LogP contribution in [0.3, 0.4) is 0 Å². The number of likely N-dealkylation sites (N-methyl/N-ethyl adjacent to an activating group) is 1. The van der Waals surface area contributed by atoms with E-state index < -0.39 is 6.04 Å². The molecule has 1 amide bonds. The molecule has 6 heteroatoms. The summed E-state index contributed by atoms with van der Waals surface area (Å²) >= 11 is 5.75. The molecule has 0 aromatic heterocycles. The Morgan fingerprint density at radius 1 is 1.25 bits per heavy atom. The van der Waals surface area contributed by atoms with Crippen molar-refractivity contribution in [3.8, 4) is 0 Å². The third-order valence-corrected chi connectivity index (χ3v) is 2.93. The zero-order valence-electron chi connectivity index (χ0n) is 8.92. The largest absolute Gasteiger partial charge is 0.769 e. The summed E-state index contributed by atoms with van der Waals surface area (Å²) in [6.07, 6.45) is 0. The Morgan fingerprint density at radius 3 is 2.25 bits per heavy atom. The van der Waals surface area contributed by atoms with Gasteiger partial charge in [0, 0.05) is 19.1 Å². The van der Waals surface area contributed by atoms with Gasteiger partial charge in [0.2, 0.25) is 0 Å². The van der Waals surface area contributed by atoms with Crippen molar-refractivity contribution < 1.29 is 4.79 Å². The molecule has 1 heterocycles. The van der Waals surface area contributed by atoms with Crippen LogP contribution in [0.25, 0.3) is 0 Å². The summed E-state index contributed by atoms with van der Waals surface area (Å²) in [6, 6.07) is 5.88. The van der Waals surface area contributed by atoms with Crippen molar-refractivity contribution in [1.82, 2.24) is 15.3 Å². The van der Waals surface area contributed by atoms with Gasteiger partial charge in [-0.15, -0.1) is 0 Å². The predicted molar refractivity (Wildman–Crippen MR) is 59.9 cm³/mol. The second-order valence-corrected chi connectivity index (χ2v) is 4.04. The zero-order chi connectivity index (χ0) is 11.9. The Kier molecular flexibility index (Phi) is 2.86. The molecule has 1 saturated heterocycles. The van der Waals surface area contributed by atoms with Gasteiger partial charge in [-0.1, -0.05) is 23.7 Å². The average molecular weight is 241 g/mol. The van der Waals surface area contributed by atoms with Gasteiger partial charge in [-0.2, -0.15) is 5.12 Å². The second kappa shape index (κ2) is 4.03. The van der Waals surface area contributed by atoms with Gasteiger partial charge in [-0.05, 0) is 17.7 Å². The van der Waals surface area contributed by atoms with Crippen molar-refractivity contribution in [2.45, 2.75) is 6.04 Å². The number of nitrogens with zero attached hydrogens (tertiary/aromatic N) is 3. The number of benzene rings is 1. The standard InChI is InChI=1S/C10H11ClN3O2/c1-12-10(15)9(14(16)13(12)2)7-3-5-8(11)6-4-7/h3-6,9H,1-2H3/q-1. The molecule has 0 saturated carbocycles. The van der Waals surface area contributed by atoms with E-state index in [1.165, 1.54) is 10.1 Å². The molecule has 86 valence electrons. The second-order valence-electron chi connectivity index (χ2n) is 3.61. The maximum atomic E-state index is 11.8. The van der Waals surface area contributed by atoms with Gasteiger partial charge < -0.3 is 5.21 Å². The quantitative estimate of drug-likeness (QED) is 0.745. The normalized spacial score (nSPS) is 23.1. The highest BCUT2D eigenvalue weighted by molar-refractivity contribution is 6.30. The highest BCUT2D eigenvalue weighted by Crippen LogP contribution is 2.30. The fourth-order valence-corrected chi connectivity index (χ4v) is 1.75. The number of amides is 1. The molecular formula is C10H11ClN3O2-. The Bertz CT molecular complexity index is 409. The van der Waals surface area contributed by atoms with Crippen LogP contribution in [0.5, 0.6) is 0 Å². The van der Waals surface area contributed by atoms with Crippen LogP contribution < -0.4 is 0 Å². The van der Waals surface area contributed by atoms with E-state index in [4.69, 9.17) is 11.6 Å². The topological polar surface area (TPSA) is 49.9 Å². The zero-order valence-corrected chi connectivity index (χ0v) is 9.68. The van der Waals surface area contributed by atoms with Crippen LogP contribution in [0.4, 0.5) is 0 Å². The minimum absolute atomic E-state index is 0.250. The van der Waals surface area contributed by atoms with Crippen LogP contribution in [0, 0.1) is 5.21 Å². The smallest absolute Gasteiger partial charge is 0.259 e. The molecule has 1 fully saturated rings. The molecule has 0 bridgehead atoms. The first-order valence-corrected chi connectivity index (χ1v) is 5.13. The fraction of sp³-hybridized carbons (Fsp3) is 0.300. The van der Waals surface area contributed by atoms with Gasteiger partial charge in [-0.3, -0.25) is 15.0 Å². The van der Waals surface area contributed by atoms with E-state index in [0.29, 0.717) is 15.8 Å². The lowest BCUT2D eigenvalue weighted by atomic mass is 10.1. The van der Waals surface area contributed by atoms with Crippen LogP contribution in [0.2, 0.25) is 5.02 Å². The maximum absolute atomic E-state index is 11.8. The van der Waals surface area contributed by atoms with Gasteiger partial charge in [-0.25, -0.2) is 0 Å². The highest BCUT2D eigenvalue weighted by atomic mass is 35.5. The molecular weight excluding hydrogens is 230 g/mol. The predicted octanol–water partition coefficient (Wildman–Crippen LogP) is 1.41. The molecule has 1 aromatic rings.